The number of rotatable bonds is 20. The maximum Gasteiger partial charge on any atom is 0.187 e. The summed E-state index contributed by atoms with van der Waals surface area (Å²) in [4.78, 5) is 0. The molecule has 7 aliphatic heterocycles. The zero-order valence-electron chi connectivity index (χ0n) is 53.4. The summed E-state index contributed by atoms with van der Waals surface area (Å²) in [6.07, 6.45) is -41.5. The molecule has 40 atom stereocenters. The molecule has 0 unspecified atom stereocenters. The van der Waals surface area contributed by atoms with Crippen LogP contribution in [0, 0.1) is 46.3 Å². The molecule has 0 aromatic heterocycles. The number of aliphatic hydroxyl groups is 19. The summed E-state index contributed by atoms with van der Waals surface area (Å²) in [5, 5.41) is 206. The van der Waals surface area contributed by atoms with Crippen LogP contribution in [0.5, 0.6) is 0 Å². The number of ether oxygens (including phenoxy) is 13. The van der Waals surface area contributed by atoms with Crippen LogP contribution in [-0.2, 0) is 61.6 Å². The van der Waals surface area contributed by atoms with E-state index in [-0.39, 0.29) is 41.3 Å². The van der Waals surface area contributed by atoms with E-state index >= 15 is 0 Å². The lowest BCUT2D eigenvalue weighted by Crippen LogP contribution is -2.68. The fourth-order valence-electron chi connectivity index (χ4n) is 17.7. The lowest BCUT2D eigenvalue weighted by molar-refractivity contribution is -0.399. The molecule has 19 N–H and O–H groups in total. The molecule has 0 radical (unpaired) electrons. The van der Waals surface area contributed by atoms with Crippen LogP contribution in [0.25, 0.3) is 0 Å². The minimum atomic E-state index is -2.12. The van der Waals surface area contributed by atoms with Crippen molar-refractivity contribution in [2.45, 2.75) is 289 Å². The predicted octanol–water partition coefficient (Wildman–Crippen LogP) is -6.72. The highest BCUT2D eigenvalue weighted by molar-refractivity contribution is 5.26. The molecule has 0 bridgehead atoms. The van der Waals surface area contributed by atoms with E-state index in [4.69, 9.17) is 61.6 Å². The smallest absolute Gasteiger partial charge is 0.187 e. The summed E-state index contributed by atoms with van der Waals surface area (Å²) in [6.45, 7) is 6.42. The van der Waals surface area contributed by atoms with Gasteiger partial charge in [0.05, 0.1) is 58.0 Å². The molecule has 3 saturated carbocycles. The van der Waals surface area contributed by atoms with Crippen molar-refractivity contribution in [3.8, 4) is 0 Å². The van der Waals surface area contributed by atoms with E-state index in [1.807, 2.05) is 6.92 Å². The highest BCUT2D eigenvalue weighted by Crippen LogP contribution is 2.70. The molecule has 10 fully saturated rings. The van der Waals surface area contributed by atoms with Gasteiger partial charge in [-0.15, -0.1) is 0 Å². The van der Waals surface area contributed by atoms with Crippen molar-refractivity contribution >= 4 is 0 Å². The highest BCUT2D eigenvalue weighted by atomic mass is 16.8. The quantitative estimate of drug-likeness (QED) is 0.0504. The molecule has 11 aliphatic rings. The number of aliphatic hydroxyl groups excluding tert-OH is 18. The first kappa shape index (κ1) is 73.7. The Hall–Kier alpha value is -1.54. The Labute approximate surface area is 543 Å². The molecule has 542 valence electrons. The summed E-state index contributed by atoms with van der Waals surface area (Å²) in [5.41, 5.74) is 0.813. The lowest BCUT2D eigenvalue weighted by atomic mass is 9.47. The molecular weight excluding hydrogens is 1260 g/mol. The van der Waals surface area contributed by atoms with E-state index in [0.29, 0.717) is 49.9 Å². The monoisotopic (exact) mass is 1360 g/mol. The molecule has 11 rings (SSSR count). The number of hydrogen-bond donors (Lipinski definition) is 19. The van der Waals surface area contributed by atoms with Crippen LogP contribution in [0.3, 0.4) is 0 Å². The van der Waals surface area contributed by atoms with Gasteiger partial charge in [-0.25, -0.2) is 0 Å². The van der Waals surface area contributed by atoms with Crippen LogP contribution in [0.2, 0.25) is 0 Å². The Balaban J connectivity index is 0.746. The van der Waals surface area contributed by atoms with Gasteiger partial charge in [-0.3, -0.25) is 0 Å². The first-order chi connectivity index (χ1) is 44.5. The fraction of sp³-hybridized carbons (Fsp3) is 0.968. The van der Waals surface area contributed by atoms with Crippen molar-refractivity contribution < 1.29 is 159 Å². The topological polar surface area (TPSA) is 504 Å². The second-order valence-electron chi connectivity index (χ2n) is 29.0. The average Bonchev–Trinajstić information content (AvgIpc) is 1.50. The van der Waals surface area contributed by atoms with Crippen LogP contribution in [0.4, 0.5) is 0 Å². The molecule has 94 heavy (non-hydrogen) atoms. The van der Waals surface area contributed by atoms with Crippen molar-refractivity contribution in [1.82, 2.24) is 0 Å². The van der Waals surface area contributed by atoms with E-state index in [9.17, 15) is 97.0 Å². The third kappa shape index (κ3) is 13.6. The van der Waals surface area contributed by atoms with Gasteiger partial charge in [0.1, 0.15) is 134 Å². The second-order valence-corrected chi connectivity index (χ2v) is 29.0. The Bertz CT molecular complexity index is 2510. The van der Waals surface area contributed by atoms with Crippen molar-refractivity contribution in [3.63, 3.8) is 0 Å². The predicted molar refractivity (Wildman–Crippen MR) is 309 cm³/mol. The first-order valence-corrected chi connectivity index (χ1v) is 33.4. The van der Waals surface area contributed by atoms with Crippen molar-refractivity contribution in [2.75, 3.05) is 39.6 Å². The summed E-state index contributed by atoms with van der Waals surface area (Å²) >= 11 is 0. The van der Waals surface area contributed by atoms with E-state index in [0.717, 1.165) is 25.7 Å². The Kier molecular flexibility index (Phi) is 23.1. The van der Waals surface area contributed by atoms with Gasteiger partial charge in [0.25, 0.3) is 0 Å². The van der Waals surface area contributed by atoms with Gasteiger partial charge in [-0.05, 0) is 98.7 Å². The largest absolute Gasteiger partial charge is 0.394 e. The Morgan fingerprint density at radius 3 is 1.78 bits per heavy atom. The van der Waals surface area contributed by atoms with Gasteiger partial charge < -0.3 is 159 Å². The molecule has 7 heterocycles. The maximum atomic E-state index is 12.5. The Morgan fingerprint density at radius 2 is 1.09 bits per heavy atom. The first-order valence-electron chi connectivity index (χ1n) is 33.4. The van der Waals surface area contributed by atoms with Gasteiger partial charge >= 0.3 is 0 Å². The average molecular weight is 1360 g/mol. The molecule has 7 saturated heterocycles. The van der Waals surface area contributed by atoms with E-state index < -0.39 is 223 Å². The van der Waals surface area contributed by atoms with Gasteiger partial charge in [0, 0.05) is 12.3 Å². The van der Waals surface area contributed by atoms with Crippen LogP contribution < -0.4 is 0 Å². The normalized spacial score (nSPS) is 54.9. The van der Waals surface area contributed by atoms with Crippen molar-refractivity contribution in [1.29, 1.82) is 0 Å². The molecule has 4 aliphatic carbocycles. The Morgan fingerprint density at radius 1 is 0.532 bits per heavy atom. The standard InChI is InChI=1S/C62H102O32/c1-22(20-82-54-45(76)42(73)39(70)32(16-63)86-54)8-13-62(81)23(2)36-31(94-62)15-29-27-7-6-25-14-26(9-11-60(25,4)28(27)10-12-61(29,36)5)85-59-53(93-56-46(77)41(72)37(68)24(3)84-56)48(79)51(35(19-66)89-59)91-58-49(80)52(40(71)33(17-64)87-58)92-57-47(78)43(74)50(34(18-65)88-57)90-55-44(75)38(69)30(67)21-83-55/h6,22-24,26-59,63-81H,7-21H2,1-5H3/t22-,23-,24-,26-,27+,28-,29-,30+,31-,32+,33+,34+,35+,36-,37-,38-,39+,40+,41+,42-,43+,44+,45+,46+,47+,48-,49+,50+,51+,52-,53+,54+,55-,56-,57-,58-,59+,60-,61-,62+/m0/s1. The lowest BCUT2D eigenvalue weighted by Gasteiger charge is -2.58. The third-order valence-electron chi connectivity index (χ3n) is 23.3. The SMILES string of the molecule is C[C@@H](CC[C@@]1(O)O[C@H]2C[C@H]3[C@@H]4CC=C5C[C@@H](O[C@@H]6O[C@H](CO)[C@@H](O[C@@H]7O[C@H](CO)[C@@H](O)[C@H](O[C@@H]8O[C@H](CO)[C@@H](O[C@@H]9OC[C@@H](O)[C@H](O)[C@H]9O)[C@H](O)[C@H]8O)[C@H]7O)[C@H](O)[C@H]6O[C@@H]6O[C@@H](C)[C@H](O)[C@@H](O)[C@H]6O)CC[C@]5(C)[C@H]4CC[C@]3(C)[C@H]2[C@@H]1C)CO[C@@H]1O[C@H](CO)[C@@H](O)[C@H](O)[C@H]1O. The number of hydrogen-bond acceptors (Lipinski definition) is 32. The second kappa shape index (κ2) is 29.4. The number of allylic oxidation sites excluding steroid dienone is 1. The summed E-state index contributed by atoms with van der Waals surface area (Å²) in [5.74, 6) is -0.680. The van der Waals surface area contributed by atoms with Gasteiger partial charge in [-0.2, -0.15) is 0 Å². The van der Waals surface area contributed by atoms with Crippen LogP contribution in [0.1, 0.15) is 92.4 Å². The highest BCUT2D eigenvalue weighted by Gasteiger charge is 2.68. The zero-order chi connectivity index (χ0) is 67.9. The molecule has 0 spiro atoms. The van der Waals surface area contributed by atoms with Gasteiger partial charge in [0.15, 0.2) is 43.5 Å². The van der Waals surface area contributed by atoms with E-state index in [1.165, 1.54) is 12.5 Å². The summed E-state index contributed by atoms with van der Waals surface area (Å²) in [6, 6.07) is 0. The number of fused-ring (bicyclic) bond motifs is 7. The summed E-state index contributed by atoms with van der Waals surface area (Å²) < 4.78 is 77.8. The van der Waals surface area contributed by atoms with E-state index in [1.54, 1.807) is 0 Å². The molecule has 0 aromatic carbocycles. The van der Waals surface area contributed by atoms with Gasteiger partial charge in [0.2, 0.25) is 0 Å². The minimum Gasteiger partial charge on any atom is -0.394 e. The third-order valence-corrected chi connectivity index (χ3v) is 23.3. The summed E-state index contributed by atoms with van der Waals surface area (Å²) in [7, 11) is 0. The fourth-order valence-corrected chi connectivity index (χ4v) is 17.7. The molecule has 0 amide bonds. The molecule has 0 aromatic rings. The van der Waals surface area contributed by atoms with Crippen LogP contribution >= 0.6 is 0 Å². The zero-order valence-corrected chi connectivity index (χ0v) is 53.4. The minimum absolute atomic E-state index is 0.0927. The maximum absolute atomic E-state index is 12.5. The van der Waals surface area contributed by atoms with Crippen LogP contribution in [0.15, 0.2) is 11.6 Å². The van der Waals surface area contributed by atoms with E-state index in [2.05, 4.69) is 26.8 Å². The molecule has 32 nitrogen and oxygen atoms in total. The van der Waals surface area contributed by atoms with Gasteiger partial charge in [-0.1, -0.05) is 39.3 Å². The van der Waals surface area contributed by atoms with Crippen molar-refractivity contribution in [3.05, 3.63) is 11.6 Å². The van der Waals surface area contributed by atoms with Crippen LogP contribution in [-0.4, -0.2) is 333 Å². The van der Waals surface area contributed by atoms with Crippen molar-refractivity contribution in [2.24, 2.45) is 46.3 Å². The molecule has 32 heteroatoms. The molecular formula is C62H102O32.